The number of hydrogen-bond acceptors (Lipinski definition) is 2. The molecule has 0 unspecified atom stereocenters. The average Bonchev–Trinajstić information content (AvgIpc) is 2.41. The van der Waals surface area contributed by atoms with Crippen molar-refractivity contribution in [1.29, 1.82) is 5.26 Å². The summed E-state index contributed by atoms with van der Waals surface area (Å²) in [6.07, 6.45) is 0. The van der Waals surface area contributed by atoms with Crippen LogP contribution in [-0.4, -0.2) is 0 Å². The van der Waals surface area contributed by atoms with Gasteiger partial charge in [-0.05, 0) is 29.3 Å². The summed E-state index contributed by atoms with van der Waals surface area (Å²) in [6.45, 7) is 0. The van der Waals surface area contributed by atoms with Crippen LogP contribution in [-0.2, 0) is 11.5 Å². The average molecular weight is 318 g/mol. The molecule has 0 atom stereocenters. The lowest BCUT2D eigenvalue weighted by molar-refractivity contribution is 1.33. The molecule has 0 aliphatic carbocycles. The van der Waals surface area contributed by atoms with Crippen LogP contribution in [0.3, 0.4) is 0 Å². The van der Waals surface area contributed by atoms with E-state index < -0.39 is 0 Å². The van der Waals surface area contributed by atoms with Crippen molar-refractivity contribution in [3.63, 3.8) is 0 Å². The van der Waals surface area contributed by atoms with E-state index in [2.05, 4.69) is 46.3 Å². The van der Waals surface area contributed by atoms with Gasteiger partial charge < -0.3 is 0 Å². The van der Waals surface area contributed by atoms with E-state index in [0.29, 0.717) is 0 Å². The predicted octanol–water partition coefficient (Wildman–Crippen LogP) is 4.75. The maximum absolute atomic E-state index is 9.00. The number of halogens is 1. The molecule has 0 amide bonds. The van der Waals surface area contributed by atoms with Gasteiger partial charge in [0.2, 0.25) is 0 Å². The van der Waals surface area contributed by atoms with E-state index in [1.165, 1.54) is 5.56 Å². The topological polar surface area (TPSA) is 23.8 Å². The molecule has 0 N–H and O–H groups in total. The van der Waals surface area contributed by atoms with Crippen LogP contribution in [0.25, 0.3) is 0 Å². The molecule has 3 heteroatoms. The van der Waals surface area contributed by atoms with E-state index in [4.69, 9.17) is 5.26 Å². The number of nitrogens with zero attached hydrogens (tertiary/aromatic N) is 1. The third-order valence-electron chi connectivity index (χ3n) is 2.58. The minimum atomic E-state index is 0.779. The maximum atomic E-state index is 9.00. The molecule has 0 radical (unpaired) electrons. The van der Waals surface area contributed by atoms with Crippen molar-refractivity contribution < 1.29 is 0 Å². The van der Waals surface area contributed by atoms with Crippen LogP contribution >= 0.6 is 27.7 Å². The van der Waals surface area contributed by atoms with Crippen molar-refractivity contribution in [3.05, 3.63) is 69.7 Å². The first-order valence-electron chi connectivity index (χ1n) is 5.60. The predicted molar refractivity (Wildman–Crippen MR) is 80.3 cm³/mol. The van der Waals surface area contributed by atoms with Gasteiger partial charge in [-0.1, -0.05) is 46.3 Å². The van der Waals surface area contributed by atoms with E-state index >= 15 is 0 Å². The summed E-state index contributed by atoms with van der Waals surface area (Å²) in [5.74, 6) is 1.84. The molecule has 0 heterocycles. The zero-order valence-electron chi connectivity index (χ0n) is 9.77. The summed E-state index contributed by atoms with van der Waals surface area (Å²) in [4.78, 5) is 0. The Bertz CT molecular complexity index is 557. The highest BCUT2D eigenvalue weighted by Crippen LogP contribution is 2.21. The smallest absolute Gasteiger partial charge is 0.0994 e. The maximum Gasteiger partial charge on any atom is 0.0994 e. The Morgan fingerprint density at radius 3 is 2.44 bits per heavy atom. The Kier molecular flexibility index (Phi) is 4.86. The van der Waals surface area contributed by atoms with E-state index in [0.717, 1.165) is 27.1 Å². The van der Waals surface area contributed by atoms with Gasteiger partial charge in [0, 0.05) is 16.0 Å². The Labute approximate surface area is 120 Å². The number of hydrogen-bond donors (Lipinski definition) is 0. The van der Waals surface area contributed by atoms with Gasteiger partial charge in [-0.2, -0.15) is 17.0 Å². The second kappa shape index (κ2) is 6.63. The fraction of sp³-hybridized carbons (Fsp3) is 0.133. The highest BCUT2D eigenvalue weighted by atomic mass is 79.9. The third kappa shape index (κ3) is 3.63. The molecule has 0 bridgehead atoms. The Hall–Kier alpha value is -1.24. The summed E-state index contributed by atoms with van der Waals surface area (Å²) in [6, 6.07) is 18.4. The molecular formula is C15H12BrNS. The van der Waals surface area contributed by atoms with Gasteiger partial charge in [-0.25, -0.2) is 0 Å². The molecule has 2 rings (SSSR count). The van der Waals surface area contributed by atoms with Crippen molar-refractivity contribution in [2.75, 3.05) is 0 Å². The fourth-order valence-electron chi connectivity index (χ4n) is 1.61. The summed E-state index contributed by atoms with van der Waals surface area (Å²) in [5, 5.41) is 9.00. The zero-order valence-corrected chi connectivity index (χ0v) is 12.2. The molecule has 0 saturated heterocycles. The van der Waals surface area contributed by atoms with Crippen molar-refractivity contribution in [3.8, 4) is 6.07 Å². The first-order valence-corrected chi connectivity index (χ1v) is 7.54. The van der Waals surface area contributed by atoms with Gasteiger partial charge >= 0.3 is 0 Å². The van der Waals surface area contributed by atoms with Crippen LogP contribution in [0, 0.1) is 11.3 Å². The molecule has 90 valence electrons. The minimum Gasteiger partial charge on any atom is -0.192 e. The summed E-state index contributed by atoms with van der Waals surface area (Å²) in [7, 11) is 0. The first-order chi connectivity index (χ1) is 8.79. The van der Waals surface area contributed by atoms with Gasteiger partial charge in [0.15, 0.2) is 0 Å². The molecule has 0 aromatic heterocycles. The van der Waals surface area contributed by atoms with Crippen molar-refractivity contribution in [2.24, 2.45) is 0 Å². The number of nitriles is 1. The normalized spacial score (nSPS) is 10.0. The molecule has 18 heavy (non-hydrogen) atoms. The monoisotopic (exact) mass is 317 g/mol. The number of rotatable bonds is 4. The van der Waals surface area contributed by atoms with E-state index in [1.807, 2.05) is 36.0 Å². The molecule has 0 spiro atoms. The second-order valence-electron chi connectivity index (χ2n) is 3.89. The van der Waals surface area contributed by atoms with Gasteiger partial charge in [0.25, 0.3) is 0 Å². The van der Waals surface area contributed by atoms with Gasteiger partial charge in [-0.15, -0.1) is 0 Å². The SMILES string of the molecule is N#Cc1ccccc1CSCc1ccc(Br)cc1. The summed E-state index contributed by atoms with van der Waals surface area (Å²) < 4.78 is 1.10. The van der Waals surface area contributed by atoms with Crippen LogP contribution in [0.1, 0.15) is 16.7 Å². The fourth-order valence-corrected chi connectivity index (χ4v) is 2.88. The molecule has 2 aromatic carbocycles. The largest absolute Gasteiger partial charge is 0.192 e. The van der Waals surface area contributed by atoms with Crippen molar-refractivity contribution in [1.82, 2.24) is 0 Å². The Morgan fingerprint density at radius 1 is 1.00 bits per heavy atom. The molecule has 0 aliphatic rings. The van der Waals surface area contributed by atoms with E-state index in [1.54, 1.807) is 0 Å². The van der Waals surface area contributed by atoms with Gasteiger partial charge in [-0.3, -0.25) is 0 Å². The standard InChI is InChI=1S/C15H12BrNS/c16-15-7-5-12(6-8-15)10-18-11-14-4-2-1-3-13(14)9-17/h1-8H,10-11H2. The highest BCUT2D eigenvalue weighted by molar-refractivity contribution is 9.10. The molecular weight excluding hydrogens is 306 g/mol. The van der Waals surface area contributed by atoms with Gasteiger partial charge in [0.1, 0.15) is 0 Å². The Morgan fingerprint density at radius 2 is 1.72 bits per heavy atom. The van der Waals surface area contributed by atoms with Crippen molar-refractivity contribution >= 4 is 27.7 Å². The molecule has 0 fully saturated rings. The van der Waals surface area contributed by atoms with Crippen LogP contribution in [0.4, 0.5) is 0 Å². The quantitative estimate of drug-likeness (QED) is 0.812. The van der Waals surface area contributed by atoms with Crippen LogP contribution < -0.4 is 0 Å². The minimum absolute atomic E-state index is 0.779. The number of thioether (sulfide) groups is 1. The zero-order chi connectivity index (χ0) is 12.8. The second-order valence-corrected chi connectivity index (χ2v) is 5.79. The summed E-state index contributed by atoms with van der Waals surface area (Å²) in [5.41, 5.74) is 3.19. The lowest BCUT2D eigenvalue weighted by atomic mass is 10.1. The van der Waals surface area contributed by atoms with Crippen LogP contribution in [0.2, 0.25) is 0 Å². The lowest BCUT2D eigenvalue weighted by Crippen LogP contribution is -1.87. The lowest BCUT2D eigenvalue weighted by Gasteiger charge is -2.04. The van der Waals surface area contributed by atoms with Crippen LogP contribution in [0.15, 0.2) is 53.0 Å². The summed E-state index contributed by atoms with van der Waals surface area (Å²) >= 11 is 5.25. The van der Waals surface area contributed by atoms with E-state index in [-0.39, 0.29) is 0 Å². The third-order valence-corrected chi connectivity index (χ3v) is 4.16. The molecule has 1 nitrogen and oxygen atoms in total. The van der Waals surface area contributed by atoms with E-state index in [9.17, 15) is 0 Å². The highest BCUT2D eigenvalue weighted by Gasteiger charge is 2.01. The number of benzene rings is 2. The van der Waals surface area contributed by atoms with Crippen LogP contribution in [0.5, 0.6) is 0 Å². The molecule has 2 aromatic rings. The van der Waals surface area contributed by atoms with Gasteiger partial charge in [0.05, 0.1) is 11.6 Å². The Balaban J connectivity index is 1.93. The molecule has 0 saturated carbocycles. The molecule has 0 aliphatic heterocycles. The first kappa shape index (κ1) is 13.2. The van der Waals surface area contributed by atoms with Crippen molar-refractivity contribution in [2.45, 2.75) is 11.5 Å².